The number of rotatable bonds is 3. The van der Waals surface area contributed by atoms with Crippen molar-refractivity contribution in [3.63, 3.8) is 0 Å². The third kappa shape index (κ3) is 1.99. The molecule has 104 valence electrons. The Hall–Kier alpha value is -2.17. The van der Waals surface area contributed by atoms with Gasteiger partial charge in [0.05, 0.1) is 23.5 Å². The molecule has 0 bridgehead atoms. The monoisotopic (exact) mass is 271 g/mol. The maximum atomic E-state index is 12.0. The van der Waals surface area contributed by atoms with E-state index in [0.29, 0.717) is 12.8 Å². The Morgan fingerprint density at radius 3 is 2.60 bits per heavy atom. The fourth-order valence-corrected chi connectivity index (χ4v) is 3.17. The molecule has 0 amide bonds. The van der Waals surface area contributed by atoms with Crippen molar-refractivity contribution in [2.75, 3.05) is 0 Å². The lowest BCUT2D eigenvalue weighted by molar-refractivity contribution is -0.145. The van der Waals surface area contributed by atoms with E-state index in [2.05, 4.69) is 10.3 Å². The molecule has 1 aliphatic rings. The summed E-state index contributed by atoms with van der Waals surface area (Å²) >= 11 is 0. The molecule has 2 aromatic rings. The average Bonchev–Trinajstić information content (AvgIpc) is 3.02. The second kappa shape index (κ2) is 5.07. The van der Waals surface area contributed by atoms with E-state index < -0.39 is 11.4 Å². The van der Waals surface area contributed by atoms with Crippen molar-refractivity contribution < 1.29 is 9.90 Å². The van der Waals surface area contributed by atoms with Crippen molar-refractivity contribution in [2.24, 2.45) is 0 Å². The second-order valence-corrected chi connectivity index (χ2v) is 5.31. The predicted octanol–water partition coefficient (Wildman–Crippen LogP) is 2.55. The highest BCUT2D eigenvalue weighted by Gasteiger charge is 2.42. The van der Waals surface area contributed by atoms with Crippen LogP contribution in [-0.2, 0) is 10.2 Å². The molecular weight excluding hydrogens is 254 g/mol. The Balaban J connectivity index is 2.15. The molecule has 1 fully saturated rings. The first kappa shape index (κ1) is 12.8. The van der Waals surface area contributed by atoms with Gasteiger partial charge in [0.2, 0.25) is 0 Å². The number of benzene rings is 1. The molecule has 1 aromatic heterocycles. The van der Waals surface area contributed by atoms with Crippen molar-refractivity contribution in [3.8, 4) is 5.69 Å². The average molecular weight is 271 g/mol. The van der Waals surface area contributed by atoms with Gasteiger partial charge in [-0.15, -0.1) is 5.10 Å². The summed E-state index contributed by atoms with van der Waals surface area (Å²) in [6.07, 6.45) is 7.75. The summed E-state index contributed by atoms with van der Waals surface area (Å²) in [6, 6.07) is 7.62. The molecule has 0 spiro atoms. The number of nitrogens with zero attached hydrogens (tertiary/aromatic N) is 3. The van der Waals surface area contributed by atoms with Gasteiger partial charge in [0, 0.05) is 0 Å². The fourth-order valence-electron chi connectivity index (χ4n) is 3.17. The van der Waals surface area contributed by atoms with Crippen molar-refractivity contribution >= 4 is 5.97 Å². The molecular formula is C15H17N3O2. The van der Waals surface area contributed by atoms with Crippen LogP contribution in [0.2, 0.25) is 0 Å². The highest BCUT2D eigenvalue weighted by atomic mass is 16.4. The highest BCUT2D eigenvalue weighted by molar-refractivity contribution is 5.83. The first-order valence-electron chi connectivity index (χ1n) is 6.94. The third-order valence-corrected chi connectivity index (χ3v) is 4.21. The minimum absolute atomic E-state index is 0.689. The third-order valence-electron chi connectivity index (χ3n) is 4.21. The molecule has 20 heavy (non-hydrogen) atoms. The van der Waals surface area contributed by atoms with Crippen LogP contribution in [0.3, 0.4) is 0 Å². The van der Waals surface area contributed by atoms with E-state index in [4.69, 9.17) is 0 Å². The lowest BCUT2D eigenvalue weighted by Crippen LogP contribution is -2.38. The van der Waals surface area contributed by atoms with Gasteiger partial charge in [-0.05, 0) is 24.5 Å². The van der Waals surface area contributed by atoms with Gasteiger partial charge in [0.25, 0.3) is 0 Å². The van der Waals surface area contributed by atoms with Crippen molar-refractivity contribution in [1.82, 2.24) is 15.0 Å². The molecule has 5 nitrogen and oxygen atoms in total. The van der Waals surface area contributed by atoms with E-state index in [1.54, 1.807) is 17.1 Å². The Morgan fingerprint density at radius 2 is 1.95 bits per heavy atom. The van der Waals surface area contributed by atoms with E-state index in [0.717, 1.165) is 30.5 Å². The van der Waals surface area contributed by atoms with Crippen LogP contribution >= 0.6 is 0 Å². The first-order chi connectivity index (χ1) is 9.74. The lowest BCUT2D eigenvalue weighted by atomic mass is 9.69. The zero-order valence-corrected chi connectivity index (χ0v) is 11.2. The normalized spacial score (nSPS) is 17.8. The number of hydrogen-bond acceptors (Lipinski definition) is 3. The summed E-state index contributed by atoms with van der Waals surface area (Å²) in [7, 11) is 0. The summed E-state index contributed by atoms with van der Waals surface area (Å²) < 4.78 is 1.65. The molecule has 0 atom stereocenters. The summed E-state index contributed by atoms with van der Waals surface area (Å²) in [6.45, 7) is 0. The fraction of sp³-hybridized carbons (Fsp3) is 0.400. The van der Waals surface area contributed by atoms with Crippen LogP contribution in [-0.4, -0.2) is 26.1 Å². The van der Waals surface area contributed by atoms with Crippen LogP contribution in [0.25, 0.3) is 5.69 Å². The van der Waals surface area contributed by atoms with Gasteiger partial charge in [-0.3, -0.25) is 4.79 Å². The van der Waals surface area contributed by atoms with Gasteiger partial charge < -0.3 is 5.11 Å². The summed E-state index contributed by atoms with van der Waals surface area (Å²) in [5.41, 5.74) is 0.868. The van der Waals surface area contributed by atoms with E-state index in [1.165, 1.54) is 0 Å². The van der Waals surface area contributed by atoms with Crippen LogP contribution in [0.5, 0.6) is 0 Å². The van der Waals surface area contributed by atoms with Crippen molar-refractivity contribution in [3.05, 3.63) is 42.2 Å². The zero-order valence-electron chi connectivity index (χ0n) is 11.2. The van der Waals surface area contributed by atoms with Gasteiger partial charge >= 0.3 is 5.97 Å². The second-order valence-electron chi connectivity index (χ2n) is 5.31. The quantitative estimate of drug-likeness (QED) is 0.931. The van der Waals surface area contributed by atoms with Gasteiger partial charge in [-0.2, -0.15) is 0 Å². The molecule has 1 saturated carbocycles. The van der Waals surface area contributed by atoms with E-state index in [1.807, 2.05) is 24.3 Å². The predicted molar refractivity (Wildman–Crippen MR) is 73.8 cm³/mol. The smallest absolute Gasteiger partial charge is 0.314 e. The molecule has 1 N–H and O–H groups in total. The number of carboxylic acids is 1. The van der Waals surface area contributed by atoms with Gasteiger partial charge in [-0.1, -0.05) is 42.7 Å². The molecule has 3 rings (SSSR count). The van der Waals surface area contributed by atoms with Crippen LogP contribution in [0.15, 0.2) is 36.7 Å². The summed E-state index contributed by atoms with van der Waals surface area (Å²) in [5, 5.41) is 17.6. The van der Waals surface area contributed by atoms with Gasteiger partial charge in [0.15, 0.2) is 0 Å². The van der Waals surface area contributed by atoms with E-state index in [-0.39, 0.29) is 0 Å². The Labute approximate surface area is 117 Å². The number of aliphatic carboxylic acids is 1. The Kier molecular flexibility index (Phi) is 3.26. The van der Waals surface area contributed by atoms with Crippen LogP contribution in [0.4, 0.5) is 0 Å². The number of aromatic nitrogens is 3. The molecule has 1 aliphatic carbocycles. The molecule has 0 aliphatic heterocycles. The van der Waals surface area contributed by atoms with Crippen LogP contribution < -0.4 is 0 Å². The highest BCUT2D eigenvalue weighted by Crippen LogP contribution is 2.41. The molecule has 0 saturated heterocycles. The SMILES string of the molecule is O=C(O)C1(c2ccccc2-n2ccnn2)CCCCC1. The lowest BCUT2D eigenvalue weighted by Gasteiger charge is -2.34. The van der Waals surface area contributed by atoms with Gasteiger partial charge in [-0.25, -0.2) is 4.68 Å². The number of hydrogen-bond donors (Lipinski definition) is 1. The molecule has 5 heteroatoms. The first-order valence-corrected chi connectivity index (χ1v) is 6.94. The number of carbonyl (C=O) groups is 1. The van der Waals surface area contributed by atoms with Gasteiger partial charge in [0.1, 0.15) is 0 Å². The van der Waals surface area contributed by atoms with Crippen LogP contribution in [0, 0.1) is 0 Å². The minimum atomic E-state index is -0.791. The maximum Gasteiger partial charge on any atom is 0.314 e. The van der Waals surface area contributed by atoms with Crippen LogP contribution in [0.1, 0.15) is 37.7 Å². The maximum absolute atomic E-state index is 12.0. The molecule has 0 radical (unpaired) electrons. The minimum Gasteiger partial charge on any atom is -0.481 e. The van der Waals surface area contributed by atoms with Crippen molar-refractivity contribution in [2.45, 2.75) is 37.5 Å². The summed E-state index contributed by atoms with van der Waals surface area (Å²) in [4.78, 5) is 12.0. The topological polar surface area (TPSA) is 68.0 Å². The molecule has 0 unspecified atom stereocenters. The number of para-hydroxylation sites is 1. The zero-order chi connectivity index (χ0) is 14.0. The standard InChI is InChI=1S/C15H17N3O2/c19-14(20)15(8-4-1-5-9-15)12-6-2-3-7-13(12)18-11-10-16-17-18/h2-3,6-7,10-11H,1,4-5,8-9H2,(H,19,20). The van der Waals surface area contributed by atoms with Crippen molar-refractivity contribution in [1.29, 1.82) is 0 Å². The molecule has 1 aromatic carbocycles. The molecule has 1 heterocycles. The number of carboxylic acid groups (broad SMARTS) is 1. The Bertz CT molecular complexity index is 601. The summed E-state index contributed by atoms with van der Waals surface area (Å²) in [5.74, 6) is -0.732. The largest absolute Gasteiger partial charge is 0.481 e. The van der Waals surface area contributed by atoms with E-state index >= 15 is 0 Å². The van der Waals surface area contributed by atoms with E-state index in [9.17, 15) is 9.90 Å². The Morgan fingerprint density at radius 1 is 1.20 bits per heavy atom.